The SMILES string of the molecule is CC(C)(C)[C@H](NC(=O)C1(F)CC1)C(=O)N1CC2(C[C@H]1C(=O)N[C@@H](C[C@@H]1CCNC1=O)C(N)S)SCCS2. The van der Waals surface area contributed by atoms with Gasteiger partial charge in [0.2, 0.25) is 17.7 Å². The molecular weight excluding hydrogens is 537 g/mol. The molecule has 3 saturated heterocycles. The van der Waals surface area contributed by atoms with Gasteiger partial charge in [-0.3, -0.25) is 19.2 Å². The molecule has 0 radical (unpaired) electrons. The van der Waals surface area contributed by atoms with Crippen molar-refractivity contribution in [3.8, 4) is 0 Å². The zero-order chi connectivity index (χ0) is 27.2. The number of carbonyl (C=O) groups is 4. The van der Waals surface area contributed by atoms with Crippen molar-refractivity contribution >= 4 is 59.8 Å². The summed E-state index contributed by atoms with van der Waals surface area (Å²) in [6, 6.07) is -2.32. The van der Waals surface area contributed by atoms with E-state index >= 15 is 0 Å². The number of alkyl halides is 1. The number of carbonyl (C=O) groups excluding carboxylic acids is 4. The largest absolute Gasteiger partial charge is 0.356 e. The molecule has 37 heavy (non-hydrogen) atoms. The van der Waals surface area contributed by atoms with Gasteiger partial charge in [0.05, 0.1) is 15.5 Å². The van der Waals surface area contributed by atoms with Gasteiger partial charge in [-0.15, -0.1) is 23.5 Å². The van der Waals surface area contributed by atoms with Gasteiger partial charge in [0.1, 0.15) is 12.1 Å². The molecule has 5 N–H and O–H groups in total. The summed E-state index contributed by atoms with van der Waals surface area (Å²) in [5.74, 6) is 0.0156. The van der Waals surface area contributed by atoms with Crippen LogP contribution in [0.4, 0.5) is 4.39 Å². The molecule has 4 rings (SSSR count). The highest BCUT2D eigenvalue weighted by Crippen LogP contribution is 2.52. The van der Waals surface area contributed by atoms with Crippen molar-refractivity contribution in [2.45, 2.75) is 86.1 Å². The monoisotopic (exact) mass is 575 g/mol. The number of hydrogen-bond acceptors (Lipinski definition) is 8. The predicted octanol–water partition coefficient (Wildman–Crippen LogP) is 1.02. The van der Waals surface area contributed by atoms with E-state index in [-0.39, 0.29) is 34.7 Å². The summed E-state index contributed by atoms with van der Waals surface area (Å²) in [7, 11) is 0. The van der Waals surface area contributed by atoms with Crippen molar-refractivity contribution in [1.29, 1.82) is 0 Å². The highest BCUT2D eigenvalue weighted by molar-refractivity contribution is 8.21. The van der Waals surface area contributed by atoms with E-state index in [1.54, 1.807) is 28.4 Å². The predicted molar refractivity (Wildman–Crippen MR) is 147 cm³/mol. The average molecular weight is 576 g/mol. The lowest BCUT2D eigenvalue weighted by molar-refractivity contribution is -0.145. The molecule has 9 nitrogen and oxygen atoms in total. The fourth-order valence-electron chi connectivity index (χ4n) is 5.16. The molecule has 4 amide bonds. The molecule has 3 aliphatic heterocycles. The first kappa shape index (κ1) is 28.8. The second-order valence-electron chi connectivity index (χ2n) is 11.6. The van der Waals surface area contributed by atoms with Gasteiger partial charge in [0, 0.05) is 36.9 Å². The van der Waals surface area contributed by atoms with Gasteiger partial charge in [0.25, 0.3) is 5.91 Å². The van der Waals surface area contributed by atoms with Crippen LogP contribution in [0.15, 0.2) is 0 Å². The first-order valence-corrected chi connectivity index (χ1v) is 15.3. The number of amides is 4. The van der Waals surface area contributed by atoms with Crippen LogP contribution in [0.3, 0.4) is 0 Å². The van der Waals surface area contributed by atoms with Gasteiger partial charge in [-0.05, 0) is 31.1 Å². The molecule has 1 saturated carbocycles. The summed E-state index contributed by atoms with van der Waals surface area (Å²) in [6.45, 7) is 6.39. The van der Waals surface area contributed by atoms with Gasteiger partial charge >= 0.3 is 0 Å². The van der Waals surface area contributed by atoms with Crippen molar-refractivity contribution in [1.82, 2.24) is 20.9 Å². The Kier molecular flexibility index (Phi) is 8.39. The van der Waals surface area contributed by atoms with Crippen molar-refractivity contribution < 1.29 is 23.6 Å². The maximum absolute atomic E-state index is 14.5. The third-order valence-corrected chi connectivity index (χ3v) is 11.4. The molecule has 1 unspecified atom stereocenters. The van der Waals surface area contributed by atoms with Gasteiger partial charge < -0.3 is 26.6 Å². The topological polar surface area (TPSA) is 134 Å². The lowest BCUT2D eigenvalue weighted by Gasteiger charge is -2.36. The smallest absolute Gasteiger partial charge is 0.258 e. The third-order valence-electron chi connectivity index (χ3n) is 7.62. The fraction of sp³-hybridized carbons (Fsp3) is 0.833. The molecule has 0 aromatic heterocycles. The van der Waals surface area contributed by atoms with Crippen molar-refractivity contribution in [2.75, 3.05) is 24.6 Å². The Labute approximate surface area is 231 Å². The molecule has 3 heterocycles. The minimum atomic E-state index is -1.91. The molecule has 0 aromatic rings. The summed E-state index contributed by atoms with van der Waals surface area (Å²) in [4.78, 5) is 53.9. The Morgan fingerprint density at radius 2 is 1.89 bits per heavy atom. The number of nitrogens with one attached hydrogen (secondary N) is 3. The summed E-state index contributed by atoms with van der Waals surface area (Å²) < 4.78 is 14.2. The summed E-state index contributed by atoms with van der Waals surface area (Å²) in [6.07, 6.45) is 1.78. The molecular formula is C24H38FN5O4S3. The van der Waals surface area contributed by atoms with E-state index in [1.807, 2.05) is 20.8 Å². The molecule has 208 valence electrons. The number of halogens is 1. The first-order chi connectivity index (χ1) is 17.2. The summed E-state index contributed by atoms with van der Waals surface area (Å²) >= 11 is 7.84. The lowest BCUT2D eigenvalue weighted by Crippen LogP contribution is -2.60. The number of rotatable bonds is 8. The number of thioether (sulfide) groups is 2. The third kappa shape index (κ3) is 6.36. The van der Waals surface area contributed by atoms with Gasteiger partial charge in [-0.2, -0.15) is 12.6 Å². The zero-order valence-corrected chi connectivity index (χ0v) is 24.1. The molecule has 0 bridgehead atoms. The maximum Gasteiger partial charge on any atom is 0.258 e. The van der Waals surface area contributed by atoms with Crippen LogP contribution < -0.4 is 21.7 Å². The molecule has 1 aliphatic carbocycles. The van der Waals surface area contributed by atoms with Crippen LogP contribution in [0, 0.1) is 11.3 Å². The summed E-state index contributed by atoms with van der Waals surface area (Å²) in [5, 5.41) is 7.74. The number of nitrogens with two attached hydrogens (primary N) is 1. The van der Waals surface area contributed by atoms with Crippen molar-refractivity contribution in [3.05, 3.63) is 0 Å². The second kappa shape index (κ2) is 10.8. The quantitative estimate of drug-likeness (QED) is 0.216. The maximum atomic E-state index is 14.5. The fourth-order valence-corrected chi connectivity index (χ4v) is 8.61. The highest BCUT2D eigenvalue weighted by atomic mass is 32.2. The van der Waals surface area contributed by atoms with Crippen LogP contribution in [-0.4, -0.2) is 86.4 Å². The second-order valence-corrected chi connectivity index (χ2v) is 15.5. The number of nitrogens with zero attached hydrogens (tertiary/aromatic N) is 1. The average Bonchev–Trinajstić information content (AvgIpc) is 3.16. The van der Waals surface area contributed by atoms with Gasteiger partial charge in [-0.25, -0.2) is 4.39 Å². The molecule has 1 spiro atoms. The zero-order valence-electron chi connectivity index (χ0n) is 21.5. The van der Waals surface area contributed by atoms with E-state index in [4.69, 9.17) is 5.73 Å². The van der Waals surface area contributed by atoms with E-state index in [1.165, 1.54) is 0 Å². The Hall–Kier alpha value is -1.18. The van der Waals surface area contributed by atoms with Gasteiger partial charge in [-0.1, -0.05) is 20.8 Å². The molecule has 4 aliphatic rings. The van der Waals surface area contributed by atoms with Crippen molar-refractivity contribution in [3.63, 3.8) is 0 Å². The Morgan fingerprint density at radius 1 is 1.24 bits per heavy atom. The van der Waals surface area contributed by atoms with Crippen LogP contribution >= 0.6 is 36.2 Å². The first-order valence-electron chi connectivity index (χ1n) is 12.8. The molecule has 0 aromatic carbocycles. The number of hydrogen-bond donors (Lipinski definition) is 5. The Morgan fingerprint density at radius 3 is 2.41 bits per heavy atom. The highest BCUT2D eigenvalue weighted by Gasteiger charge is 2.56. The normalized spacial score (nSPS) is 28.5. The van der Waals surface area contributed by atoms with Crippen LogP contribution in [-0.2, 0) is 19.2 Å². The number of thiol groups is 1. The molecule has 4 fully saturated rings. The van der Waals surface area contributed by atoms with Crippen LogP contribution in [0.5, 0.6) is 0 Å². The van der Waals surface area contributed by atoms with Crippen LogP contribution in [0.1, 0.15) is 52.9 Å². The number of likely N-dealkylation sites (tertiary alicyclic amines) is 1. The minimum Gasteiger partial charge on any atom is -0.356 e. The molecule has 5 atom stereocenters. The van der Waals surface area contributed by atoms with Crippen molar-refractivity contribution in [2.24, 2.45) is 17.1 Å². The van der Waals surface area contributed by atoms with Gasteiger partial charge in [0.15, 0.2) is 5.67 Å². The van der Waals surface area contributed by atoms with E-state index < -0.39 is 46.4 Å². The minimum absolute atomic E-state index is 0.0614. The van der Waals surface area contributed by atoms with Crippen LogP contribution in [0.25, 0.3) is 0 Å². The van der Waals surface area contributed by atoms with E-state index in [0.29, 0.717) is 32.4 Å². The Balaban J connectivity index is 1.54. The Bertz CT molecular complexity index is 936. The standard InChI is InChI=1S/C24H38FN5O4S3/c1-22(2,3)16(29-21(34)23(25)5-6-23)20(33)30-12-24(36-8-9-37-24)11-15(30)19(32)28-14(17(26)35)10-13-4-7-27-18(13)31/h13-17,35H,4-12,26H2,1-3H3,(H,27,31)(H,28,32)(H,29,34)/t13-,14-,15-,16+,17?/m0/s1. The van der Waals surface area contributed by atoms with E-state index in [9.17, 15) is 23.6 Å². The lowest BCUT2D eigenvalue weighted by atomic mass is 9.85. The van der Waals surface area contributed by atoms with Crippen LogP contribution in [0.2, 0.25) is 0 Å². The van der Waals surface area contributed by atoms with E-state index in [0.717, 1.165) is 11.5 Å². The molecule has 13 heteroatoms. The summed E-state index contributed by atoms with van der Waals surface area (Å²) in [5.41, 5.74) is 3.46. The van der Waals surface area contributed by atoms with E-state index in [2.05, 4.69) is 28.6 Å².